The lowest BCUT2D eigenvalue weighted by molar-refractivity contribution is 0.645. The predicted molar refractivity (Wildman–Crippen MR) is 46.0 cm³/mol. The highest BCUT2D eigenvalue weighted by molar-refractivity contribution is 9.10. The zero-order chi connectivity index (χ0) is 6.62. The molecule has 8 heavy (non-hydrogen) atoms. The first-order valence-corrected chi connectivity index (χ1v) is 4.72. The Morgan fingerprint density at radius 2 is 1.88 bits per heavy atom. The number of hydrogen-bond donors (Lipinski definition) is 0. The molecule has 2 heteroatoms. The number of hydrogen-bond acceptors (Lipinski definition) is 0. The van der Waals surface area contributed by atoms with Gasteiger partial charge in [-0.15, -0.1) is 0 Å². The maximum Gasteiger partial charge on any atom is 0.0202 e. The highest BCUT2D eigenvalue weighted by atomic mass is 79.9. The fraction of sp³-hybridized carbons (Fsp3) is 1.00. The highest BCUT2D eigenvalue weighted by Crippen LogP contribution is 2.22. The monoisotopic (exact) mass is 242 g/mol. The minimum Gasteiger partial charge on any atom is -0.0928 e. The molecule has 0 aromatic heterocycles. The van der Waals surface area contributed by atoms with Gasteiger partial charge in [-0.3, -0.25) is 0 Å². The van der Waals surface area contributed by atoms with Gasteiger partial charge in [0, 0.05) is 9.65 Å². The Kier molecular flexibility index (Phi) is 4.35. The van der Waals surface area contributed by atoms with Crippen LogP contribution in [-0.2, 0) is 0 Å². The van der Waals surface area contributed by atoms with Gasteiger partial charge in [-0.1, -0.05) is 45.7 Å². The minimum atomic E-state index is 0.334. The van der Waals surface area contributed by atoms with Crippen LogP contribution in [0.25, 0.3) is 0 Å². The summed E-state index contributed by atoms with van der Waals surface area (Å²) in [4.78, 5) is 0. The van der Waals surface area contributed by atoms with Gasteiger partial charge >= 0.3 is 0 Å². The van der Waals surface area contributed by atoms with Crippen molar-refractivity contribution in [2.75, 3.05) is 5.33 Å². The molecule has 0 fully saturated rings. The van der Waals surface area contributed by atoms with Crippen LogP contribution in [0, 0.1) is 0 Å². The first-order chi connectivity index (χ1) is 3.56. The van der Waals surface area contributed by atoms with Gasteiger partial charge in [0.05, 0.1) is 0 Å². The maximum atomic E-state index is 3.56. The van der Waals surface area contributed by atoms with E-state index in [-0.39, 0.29) is 0 Å². The van der Waals surface area contributed by atoms with Crippen LogP contribution in [0.2, 0.25) is 0 Å². The zero-order valence-corrected chi connectivity index (χ0v) is 8.55. The molecule has 0 atom stereocenters. The van der Waals surface area contributed by atoms with Crippen molar-refractivity contribution in [1.29, 1.82) is 0 Å². The summed E-state index contributed by atoms with van der Waals surface area (Å²) < 4.78 is 0.334. The van der Waals surface area contributed by atoms with Gasteiger partial charge in [0.1, 0.15) is 0 Å². The van der Waals surface area contributed by atoms with E-state index >= 15 is 0 Å². The number of halogens is 2. The summed E-state index contributed by atoms with van der Waals surface area (Å²) in [6.07, 6.45) is 2.48. The average Bonchev–Trinajstić information content (AvgIpc) is 1.59. The fourth-order valence-electron chi connectivity index (χ4n) is 0.487. The summed E-state index contributed by atoms with van der Waals surface area (Å²) in [5, 5.41) is 1.11. The Morgan fingerprint density at radius 1 is 1.38 bits per heavy atom. The van der Waals surface area contributed by atoms with Crippen molar-refractivity contribution >= 4 is 31.9 Å². The molecule has 0 spiro atoms. The first kappa shape index (κ1) is 8.96. The third-order valence-electron chi connectivity index (χ3n) is 0.905. The van der Waals surface area contributed by atoms with E-state index in [0.29, 0.717) is 4.32 Å². The van der Waals surface area contributed by atoms with Crippen LogP contribution in [0.3, 0.4) is 0 Å². The lowest BCUT2D eigenvalue weighted by Gasteiger charge is -2.13. The van der Waals surface area contributed by atoms with Crippen LogP contribution < -0.4 is 0 Å². The van der Waals surface area contributed by atoms with Gasteiger partial charge in [0.25, 0.3) is 0 Å². The SMILES string of the molecule is CC(C)(Br)CCCBr. The molecule has 0 rings (SSSR count). The van der Waals surface area contributed by atoms with Crippen molar-refractivity contribution in [1.82, 2.24) is 0 Å². The molecule has 0 N–H and O–H groups in total. The van der Waals surface area contributed by atoms with Gasteiger partial charge < -0.3 is 0 Å². The Balaban J connectivity index is 3.11. The summed E-state index contributed by atoms with van der Waals surface area (Å²) in [7, 11) is 0. The van der Waals surface area contributed by atoms with E-state index in [4.69, 9.17) is 0 Å². The second-order valence-electron chi connectivity index (χ2n) is 2.51. The molecule has 50 valence electrons. The summed E-state index contributed by atoms with van der Waals surface area (Å²) in [6.45, 7) is 4.38. The largest absolute Gasteiger partial charge is 0.0928 e. The van der Waals surface area contributed by atoms with Crippen molar-refractivity contribution in [3.63, 3.8) is 0 Å². The van der Waals surface area contributed by atoms with Crippen molar-refractivity contribution in [3.8, 4) is 0 Å². The van der Waals surface area contributed by atoms with Crippen LogP contribution in [0.5, 0.6) is 0 Å². The Morgan fingerprint density at radius 3 is 2.00 bits per heavy atom. The van der Waals surface area contributed by atoms with Gasteiger partial charge in [0.15, 0.2) is 0 Å². The molecule has 0 radical (unpaired) electrons. The quantitative estimate of drug-likeness (QED) is 0.668. The maximum absolute atomic E-state index is 3.56. The smallest absolute Gasteiger partial charge is 0.0202 e. The normalized spacial score (nSPS) is 12.0. The number of alkyl halides is 2. The molecule has 0 saturated carbocycles. The molecule has 0 aromatic rings. The molecule has 0 aliphatic carbocycles. The van der Waals surface area contributed by atoms with E-state index in [9.17, 15) is 0 Å². The summed E-state index contributed by atoms with van der Waals surface area (Å²) in [5.41, 5.74) is 0. The molecule has 0 saturated heterocycles. The topological polar surface area (TPSA) is 0 Å². The highest BCUT2D eigenvalue weighted by Gasteiger charge is 2.10. The van der Waals surface area contributed by atoms with E-state index in [0.717, 1.165) is 5.33 Å². The summed E-state index contributed by atoms with van der Waals surface area (Å²) in [5.74, 6) is 0. The van der Waals surface area contributed by atoms with Gasteiger partial charge in [0.2, 0.25) is 0 Å². The molecule has 0 aliphatic rings. The Hall–Kier alpha value is 0.960. The van der Waals surface area contributed by atoms with Gasteiger partial charge in [-0.2, -0.15) is 0 Å². The van der Waals surface area contributed by atoms with E-state index in [1.807, 2.05) is 0 Å². The zero-order valence-electron chi connectivity index (χ0n) is 5.38. The standard InChI is InChI=1S/C6H12Br2/c1-6(2,8)4-3-5-7/h3-5H2,1-2H3. The lowest BCUT2D eigenvalue weighted by Crippen LogP contribution is -2.08. The van der Waals surface area contributed by atoms with Crippen LogP contribution in [0.1, 0.15) is 26.7 Å². The summed E-state index contributed by atoms with van der Waals surface area (Å²) >= 11 is 6.94. The predicted octanol–water partition coefficient (Wildman–Crippen LogP) is 3.34. The molecular weight excluding hydrogens is 232 g/mol. The molecule has 0 heterocycles. The third kappa shape index (κ3) is 6.96. The van der Waals surface area contributed by atoms with Crippen molar-refractivity contribution in [2.24, 2.45) is 0 Å². The second-order valence-corrected chi connectivity index (χ2v) is 5.45. The van der Waals surface area contributed by atoms with Gasteiger partial charge in [-0.05, 0) is 12.8 Å². The van der Waals surface area contributed by atoms with Crippen LogP contribution in [-0.4, -0.2) is 9.65 Å². The third-order valence-corrected chi connectivity index (χ3v) is 1.86. The Bertz CT molecular complexity index is 54.0. The van der Waals surface area contributed by atoms with Gasteiger partial charge in [-0.25, -0.2) is 0 Å². The Labute approximate surface area is 68.3 Å². The fourth-order valence-corrected chi connectivity index (χ4v) is 1.05. The number of rotatable bonds is 3. The van der Waals surface area contributed by atoms with Crippen LogP contribution in [0.4, 0.5) is 0 Å². The van der Waals surface area contributed by atoms with Crippen molar-refractivity contribution < 1.29 is 0 Å². The molecule has 0 unspecified atom stereocenters. The average molecular weight is 244 g/mol. The summed E-state index contributed by atoms with van der Waals surface area (Å²) in [6, 6.07) is 0. The molecular formula is C6H12Br2. The molecule has 0 aliphatic heterocycles. The molecule has 0 nitrogen and oxygen atoms in total. The van der Waals surface area contributed by atoms with Crippen molar-refractivity contribution in [2.45, 2.75) is 31.0 Å². The molecule has 0 amide bonds. The lowest BCUT2D eigenvalue weighted by atomic mass is 10.1. The van der Waals surface area contributed by atoms with E-state index in [2.05, 4.69) is 45.7 Å². The molecule has 0 aromatic carbocycles. The van der Waals surface area contributed by atoms with E-state index in [1.54, 1.807) is 0 Å². The van der Waals surface area contributed by atoms with Crippen LogP contribution in [0.15, 0.2) is 0 Å². The second kappa shape index (κ2) is 3.89. The van der Waals surface area contributed by atoms with Crippen LogP contribution >= 0.6 is 31.9 Å². The van der Waals surface area contributed by atoms with E-state index in [1.165, 1.54) is 12.8 Å². The first-order valence-electron chi connectivity index (χ1n) is 2.81. The van der Waals surface area contributed by atoms with Crippen molar-refractivity contribution in [3.05, 3.63) is 0 Å². The van der Waals surface area contributed by atoms with E-state index < -0.39 is 0 Å². The minimum absolute atomic E-state index is 0.334. The molecule has 0 bridgehead atoms.